The number of hydrogen-bond acceptors (Lipinski definition) is 3. The van der Waals surface area contributed by atoms with E-state index in [0.29, 0.717) is 42.8 Å². The van der Waals surface area contributed by atoms with Gasteiger partial charge in [-0.3, -0.25) is 14.3 Å². The fourth-order valence-electron chi connectivity index (χ4n) is 4.80. The molecule has 2 heterocycles. The number of rotatable bonds is 5. The fourth-order valence-corrected chi connectivity index (χ4v) is 4.93. The molecule has 1 N–H and O–H groups in total. The van der Waals surface area contributed by atoms with Crippen LogP contribution in [-0.4, -0.2) is 38.2 Å². The first-order valence-corrected chi connectivity index (χ1v) is 11.4. The molecule has 1 saturated carbocycles. The van der Waals surface area contributed by atoms with Crippen molar-refractivity contribution < 1.29 is 27.9 Å². The number of amides is 1. The summed E-state index contributed by atoms with van der Waals surface area (Å²) in [5, 5.41) is 13.6. The molecule has 1 aliphatic carbocycles. The normalized spacial score (nSPS) is 21.0. The van der Waals surface area contributed by atoms with Gasteiger partial charge in [0.05, 0.1) is 24.7 Å². The fraction of sp³-hybridized carbons (Fsp3) is 0.522. The molecule has 178 valence electrons. The molecule has 1 amide bonds. The highest BCUT2D eigenvalue weighted by Gasteiger charge is 2.41. The number of aromatic nitrogens is 2. The Hall–Kier alpha value is -2.55. The van der Waals surface area contributed by atoms with Gasteiger partial charge in [0.25, 0.3) is 0 Å². The largest absolute Gasteiger partial charge is 0.481 e. The maximum Gasteiger partial charge on any atom is 0.435 e. The number of aliphatic carboxylic acids is 1. The van der Waals surface area contributed by atoms with Crippen LogP contribution in [0, 0.1) is 11.8 Å². The average molecular weight is 484 g/mol. The van der Waals surface area contributed by atoms with E-state index in [1.807, 2.05) is 0 Å². The van der Waals surface area contributed by atoms with Gasteiger partial charge in [0, 0.05) is 23.6 Å². The van der Waals surface area contributed by atoms with Crippen LogP contribution in [0.3, 0.4) is 0 Å². The summed E-state index contributed by atoms with van der Waals surface area (Å²) in [6, 6.07) is 6.82. The van der Waals surface area contributed by atoms with E-state index in [2.05, 4.69) is 5.10 Å². The molecule has 0 bridgehead atoms. The molecule has 0 saturated heterocycles. The molecule has 2 aliphatic rings. The van der Waals surface area contributed by atoms with Crippen molar-refractivity contribution in [3.05, 3.63) is 51.8 Å². The molecule has 10 heteroatoms. The maximum atomic E-state index is 13.6. The van der Waals surface area contributed by atoms with E-state index in [9.17, 15) is 22.8 Å². The lowest BCUT2D eigenvalue weighted by molar-refractivity contribution is -0.143. The molecule has 0 radical (unpaired) electrons. The van der Waals surface area contributed by atoms with E-state index < -0.39 is 17.8 Å². The Labute approximate surface area is 194 Å². The van der Waals surface area contributed by atoms with Gasteiger partial charge >= 0.3 is 12.1 Å². The predicted octanol–water partition coefficient (Wildman–Crippen LogP) is 4.77. The zero-order valence-corrected chi connectivity index (χ0v) is 18.7. The third-order valence-corrected chi connectivity index (χ3v) is 6.92. The Morgan fingerprint density at radius 2 is 1.79 bits per heavy atom. The summed E-state index contributed by atoms with van der Waals surface area (Å²) in [5.74, 6) is -1.14. The number of carbonyl (C=O) groups is 2. The van der Waals surface area contributed by atoms with Crippen molar-refractivity contribution in [1.82, 2.24) is 14.7 Å². The van der Waals surface area contributed by atoms with Gasteiger partial charge in [-0.2, -0.15) is 18.3 Å². The van der Waals surface area contributed by atoms with Crippen LogP contribution in [0.25, 0.3) is 0 Å². The Morgan fingerprint density at radius 3 is 2.39 bits per heavy atom. The minimum atomic E-state index is -4.57. The summed E-state index contributed by atoms with van der Waals surface area (Å²) in [6.07, 6.45) is -1.71. The number of alkyl halides is 3. The minimum Gasteiger partial charge on any atom is -0.481 e. The van der Waals surface area contributed by atoms with E-state index in [4.69, 9.17) is 16.7 Å². The third kappa shape index (κ3) is 5.34. The molecular formula is C23H25ClF3N3O3. The van der Waals surface area contributed by atoms with Crippen LogP contribution >= 0.6 is 11.6 Å². The standard InChI is InChI=1S/C23H25ClF3N3O3/c24-17-7-3-15(4-8-17)12-30-19-13-29(10-9-18(19)21(28-30)23(25,26)27)20(31)11-14-1-5-16(6-2-14)22(32)33/h3-4,7-8,14,16H,1-2,5-6,9-13H2,(H,32,33). The molecule has 1 aromatic carbocycles. The van der Waals surface area contributed by atoms with Gasteiger partial charge in [0.2, 0.25) is 5.91 Å². The molecule has 0 atom stereocenters. The molecule has 0 spiro atoms. The van der Waals surface area contributed by atoms with E-state index in [0.717, 1.165) is 5.56 Å². The summed E-state index contributed by atoms with van der Waals surface area (Å²) >= 11 is 5.91. The number of carboxylic acids is 1. The van der Waals surface area contributed by atoms with Gasteiger partial charge < -0.3 is 10.0 Å². The van der Waals surface area contributed by atoms with Gasteiger partial charge in [-0.1, -0.05) is 23.7 Å². The quantitative estimate of drug-likeness (QED) is 0.664. The number of benzene rings is 1. The van der Waals surface area contributed by atoms with E-state index in [1.165, 1.54) is 4.68 Å². The van der Waals surface area contributed by atoms with Gasteiger partial charge in [-0.15, -0.1) is 0 Å². The third-order valence-electron chi connectivity index (χ3n) is 6.66. The minimum absolute atomic E-state index is 0.0787. The SMILES string of the molecule is O=C(O)C1CCC(CC(=O)N2CCc3c(C(F)(F)F)nn(Cc4ccc(Cl)cc4)c3C2)CC1. The summed E-state index contributed by atoms with van der Waals surface area (Å²) < 4.78 is 42.2. The smallest absolute Gasteiger partial charge is 0.435 e. The molecule has 1 fully saturated rings. The lowest BCUT2D eigenvalue weighted by Gasteiger charge is -2.31. The van der Waals surface area contributed by atoms with Crippen molar-refractivity contribution in [2.24, 2.45) is 11.8 Å². The number of carboxylic acid groups (broad SMARTS) is 1. The highest BCUT2D eigenvalue weighted by Crippen LogP contribution is 2.36. The lowest BCUT2D eigenvalue weighted by atomic mass is 9.80. The summed E-state index contributed by atoms with van der Waals surface area (Å²) in [5.41, 5.74) is 0.441. The first-order chi connectivity index (χ1) is 15.6. The Bertz CT molecular complexity index is 1030. The molecular weight excluding hydrogens is 459 g/mol. The second-order valence-corrected chi connectivity index (χ2v) is 9.32. The topological polar surface area (TPSA) is 75.4 Å². The van der Waals surface area contributed by atoms with Gasteiger partial charge in [-0.25, -0.2) is 0 Å². The van der Waals surface area contributed by atoms with Crippen molar-refractivity contribution in [3.63, 3.8) is 0 Å². The molecule has 6 nitrogen and oxygen atoms in total. The second-order valence-electron chi connectivity index (χ2n) is 8.88. The summed E-state index contributed by atoms with van der Waals surface area (Å²) in [7, 11) is 0. The van der Waals surface area contributed by atoms with Crippen LogP contribution in [-0.2, 0) is 35.3 Å². The second kappa shape index (κ2) is 9.37. The number of nitrogens with zero attached hydrogens (tertiary/aromatic N) is 3. The Morgan fingerprint density at radius 1 is 1.12 bits per heavy atom. The van der Waals surface area contributed by atoms with E-state index in [1.54, 1.807) is 29.2 Å². The summed E-state index contributed by atoms with van der Waals surface area (Å²) in [6.45, 7) is 0.443. The lowest BCUT2D eigenvalue weighted by Crippen LogP contribution is -2.38. The van der Waals surface area contributed by atoms with Gasteiger partial charge in [0.15, 0.2) is 5.69 Å². The first-order valence-electron chi connectivity index (χ1n) is 11.0. The molecule has 33 heavy (non-hydrogen) atoms. The maximum absolute atomic E-state index is 13.6. The van der Waals surface area contributed by atoms with Crippen molar-refractivity contribution in [2.45, 2.75) is 57.8 Å². The average Bonchev–Trinajstić information content (AvgIpc) is 3.14. The molecule has 2 aromatic rings. The molecule has 1 aliphatic heterocycles. The van der Waals surface area contributed by atoms with Gasteiger partial charge in [0.1, 0.15) is 0 Å². The molecule has 4 rings (SSSR count). The highest BCUT2D eigenvalue weighted by molar-refractivity contribution is 6.30. The van der Waals surface area contributed by atoms with Gasteiger partial charge in [-0.05, 0) is 55.7 Å². The van der Waals surface area contributed by atoms with Crippen LogP contribution < -0.4 is 0 Å². The van der Waals surface area contributed by atoms with Crippen LogP contribution in [0.5, 0.6) is 0 Å². The van der Waals surface area contributed by atoms with Crippen LogP contribution in [0.1, 0.15) is 54.6 Å². The highest BCUT2D eigenvalue weighted by atomic mass is 35.5. The number of carbonyl (C=O) groups excluding carboxylic acids is 1. The number of halogens is 4. The Kier molecular flexibility index (Phi) is 6.70. The van der Waals surface area contributed by atoms with Crippen LogP contribution in [0.2, 0.25) is 5.02 Å². The zero-order valence-electron chi connectivity index (χ0n) is 17.9. The van der Waals surface area contributed by atoms with Crippen molar-refractivity contribution >= 4 is 23.5 Å². The first kappa shape index (κ1) is 23.6. The number of hydrogen-bond donors (Lipinski definition) is 1. The zero-order chi connectivity index (χ0) is 23.8. The van der Waals surface area contributed by atoms with Crippen LogP contribution in [0.4, 0.5) is 13.2 Å². The van der Waals surface area contributed by atoms with E-state index in [-0.39, 0.29) is 49.4 Å². The monoisotopic (exact) mass is 483 g/mol. The predicted molar refractivity (Wildman–Crippen MR) is 115 cm³/mol. The van der Waals surface area contributed by atoms with Crippen molar-refractivity contribution in [2.75, 3.05) is 6.54 Å². The summed E-state index contributed by atoms with van der Waals surface area (Å²) in [4.78, 5) is 25.7. The van der Waals surface area contributed by atoms with E-state index >= 15 is 0 Å². The van der Waals surface area contributed by atoms with Crippen molar-refractivity contribution in [1.29, 1.82) is 0 Å². The Balaban J connectivity index is 1.49. The number of fused-ring (bicyclic) bond motifs is 1. The molecule has 0 unspecified atom stereocenters. The van der Waals surface area contributed by atoms with Crippen molar-refractivity contribution in [3.8, 4) is 0 Å². The molecule has 1 aromatic heterocycles. The van der Waals surface area contributed by atoms with Crippen LogP contribution in [0.15, 0.2) is 24.3 Å².